The third-order valence-electron chi connectivity index (χ3n) is 10.6. The molecule has 0 unspecified atom stereocenters. The molecule has 3 heterocycles. The first-order valence-corrected chi connectivity index (χ1v) is 21.4. The molecule has 7 heteroatoms. The third kappa shape index (κ3) is 7.15. The zero-order valence-corrected chi connectivity index (χ0v) is 33.7. The molecule has 8 aromatic carbocycles. The van der Waals surface area contributed by atoms with Crippen LogP contribution in [0.15, 0.2) is 220 Å². The van der Waals surface area contributed by atoms with Crippen LogP contribution in [0.5, 0.6) is 0 Å². The SMILES string of the molecule is c1ccc(-c2cc(-c3cccc(-c4cccc(-c5nc(-c6ccccc6)nc(-c6ccc7c(c6)Sc6cc8ccccc8cc6S7)n5)c4)c3)nc(-c3ccccc3)n2)cc1. The van der Waals surface area contributed by atoms with E-state index in [0.717, 1.165) is 55.9 Å². The van der Waals surface area contributed by atoms with Crippen molar-refractivity contribution < 1.29 is 0 Å². The molecule has 5 nitrogen and oxygen atoms in total. The lowest BCUT2D eigenvalue weighted by molar-refractivity contribution is 1.07. The molecular formula is C53H33N5S2. The molecule has 0 aliphatic carbocycles. The van der Waals surface area contributed by atoms with Crippen LogP contribution < -0.4 is 0 Å². The highest BCUT2D eigenvalue weighted by atomic mass is 32.2. The highest BCUT2D eigenvalue weighted by molar-refractivity contribution is 8.05. The summed E-state index contributed by atoms with van der Waals surface area (Å²) in [5.74, 6) is 2.57. The standard InChI is InChI=1S/C53H33N5S2/c1-4-14-34(15-5-1)44-33-45(55-50(54-44)35-16-6-2-7-17-35)41-24-12-22-37(28-41)38-23-13-25-42(29-38)52-56-51(36-18-8-3-9-19-36)57-53(58-52)43-26-27-46-47(32-43)60-49-31-40-21-11-10-20-39(40)30-48(49)59-46/h1-33H. The number of aromatic nitrogens is 5. The first kappa shape index (κ1) is 35.9. The van der Waals surface area contributed by atoms with Crippen molar-refractivity contribution in [1.82, 2.24) is 24.9 Å². The van der Waals surface area contributed by atoms with Crippen LogP contribution in [0.1, 0.15) is 0 Å². The van der Waals surface area contributed by atoms with E-state index in [1.807, 2.05) is 78.5 Å². The van der Waals surface area contributed by atoms with E-state index in [0.29, 0.717) is 23.3 Å². The van der Waals surface area contributed by atoms with E-state index in [9.17, 15) is 0 Å². The van der Waals surface area contributed by atoms with Gasteiger partial charge in [0, 0.05) is 53.0 Å². The Balaban J connectivity index is 0.968. The summed E-state index contributed by atoms with van der Waals surface area (Å²) in [4.78, 5) is 30.3. The largest absolute Gasteiger partial charge is 0.228 e. The predicted octanol–water partition coefficient (Wildman–Crippen LogP) is 14.1. The summed E-state index contributed by atoms with van der Waals surface area (Å²) < 4.78 is 0. The van der Waals surface area contributed by atoms with Crippen LogP contribution in [-0.2, 0) is 0 Å². The molecule has 10 aromatic rings. The van der Waals surface area contributed by atoms with Gasteiger partial charge in [-0.2, -0.15) is 0 Å². The Morgan fingerprint density at radius 1 is 0.233 bits per heavy atom. The van der Waals surface area contributed by atoms with Crippen molar-refractivity contribution in [2.45, 2.75) is 19.6 Å². The summed E-state index contributed by atoms with van der Waals surface area (Å²) in [6.07, 6.45) is 0. The van der Waals surface area contributed by atoms with E-state index in [4.69, 9.17) is 24.9 Å². The number of nitrogens with zero attached hydrogens (tertiary/aromatic N) is 5. The molecule has 0 radical (unpaired) electrons. The highest BCUT2D eigenvalue weighted by Crippen LogP contribution is 2.50. The first-order chi connectivity index (χ1) is 29.7. The van der Waals surface area contributed by atoms with Crippen LogP contribution in [0.3, 0.4) is 0 Å². The molecule has 11 rings (SSSR count). The molecule has 0 saturated carbocycles. The quantitative estimate of drug-likeness (QED) is 0.159. The number of hydrogen-bond donors (Lipinski definition) is 0. The van der Waals surface area contributed by atoms with E-state index in [2.05, 4.69) is 133 Å². The zero-order chi connectivity index (χ0) is 39.8. The van der Waals surface area contributed by atoms with E-state index >= 15 is 0 Å². The molecule has 0 N–H and O–H groups in total. The van der Waals surface area contributed by atoms with E-state index < -0.39 is 0 Å². The maximum absolute atomic E-state index is 5.16. The summed E-state index contributed by atoms with van der Waals surface area (Å²) in [5, 5.41) is 2.50. The van der Waals surface area contributed by atoms with Crippen molar-refractivity contribution in [3.8, 4) is 79.2 Å². The molecular weight excluding hydrogens is 771 g/mol. The van der Waals surface area contributed by atoms with Crippen LogP contribution in [-0.4, -0.2) is 24.9 Å². The Kier molecular flexibility index (Phi) is 9.30. The minimum atomic E-state index is 0.615. The van der Waals surface area contributed by atoms with Crippen LogP contribution in [0, 0.1) is 0 Å². The summed E-state index contributed by atoms with van der Waals surface area (Å²) in [5.41, 5.74) is 9.65. The van der Waals surface area contributed by atoms with Gasteiger partial charge < -0.3 is 0 Å². The van der Waals surface area contributed by atoms with Gasteiger partial charge in [0.15, 0.2) is 23.3 Å². The minimum absolute atomic E-state index is 0.615. The normalized spacial score (nSPS) is 11.9. The van der Waals surface area contributed by atoms with Crippen molar-refractivity contribution in [2.24, 2.45) is 0 Å². The van der Waals surface area contributed by atoms with E-state index in [1.54, 1.807) is 11.8 Å². The van der Waals surface area contributed by atoms with Gasteiger partial charge in [-0.15, -0.1) is 0 Å². The molecule has 282 valence electrons. The Bertz CT molecular complexity index is 3150. The molecule has 2 aromatic heterocycles. The van der Waals surface area contributed by atoms with Crippen molar-refractivity contribution >= 4 is 34.3 Å². The number of fused-ring (bicyclic) bond motifs is 3. The molecule has 0 atom stereocenters. The van der Waals surface area contributed by atoms with Gasteiger partial charge in [-0.05, 0) is 70.4 Å². The van der Waals surface area contributed by atoms with Gasteiger partial charge in [-0.3, -0.25) is 0 Å². The smallest absolute Gasteiger partial charge is 0.164 e. The fourth-order valence-electron chi connectivity index (χ4n) is 7.52. The fourth-order valence-corrected chi connectivity index (χ4v) is 9.84. The van der Waals surface area contributed by atoms with Crippen LogP contribution in [0.4, 0.5) is 0 Å². The molecule has 1 aliphatic heterocycles. The predicted molar refractivity (Wildman–Crippen MR) is 246 cm³/mol. The Morgan fingerprint density at radius 3 is 1.23 bits per heavy atom. The van der Waals surface area contributed by atoms with Crippen molar-refractivity contribution in [2.75, 3.05) is 0 Å². The van der Waals surface area contributed by atoms with E-state index in [1.165, 1.54) is 30.4 Å². The van der Waals surface area contributed by atoms with Gasteiger partial charge in [-0.1, -0.05) is 175 Å². The molecule has 1 aliphatic rings. The van der Waals surface area contributed by atoms with Crippen molar-refractivity contribution in [3.63, 3.8) is 0 Å². The van der Waals surface area contributed by atoms with E-state index in [-0.39, 0.29) is 0 Å². The fraction of sp³-hybridized carbons (Fsp3) is 0. The monoisotopic (exact) mass is 803 g/mol. The Morgan fingerprint density at radius 2 is 0.633 bits per heavy atom. The van der Waals surface area contributed by atoms with Crippen LogP contribution >= 0.6 is 23.5 Å². The zero-order valence-electron chi connectivity index (χ0n) is 32.1. The van der Waals surface area contributed by atoms with Crippen molar-refractivity contribution in [1.29, 1.82) is 0 Å². The van der Waals surface area contributed by atoms with Gasteiger partial charge in [0.25, 0.3) is 0 Å². The lowest BCUT2D eigenvalue weighted by Gasteiger charge is -2.20. The van der Waals surface area contributed by atoms with Crippen LogP contribution in [0.2, 0.25) is 0 Å². The Labute approximate surface area is 356 Å². The molecule has 0 amide bonds. The third-order valence-corrected chi connectivity index (χ3v) is 13.1. The molecule has 60 heavy (non-hydrogen) atoms. The van der Waals surface area contributed by atoms with Gasteiger partial charge in [0.2, 0.25) is 0 Å². The van der Waals surface area contributed by atoms with Gasteiger partial charge >= 0.3 is 0 Å². The lowest BCUT2D eigenvalue weighted by atomic mass is 9.99. The summed E-state index contributed by atoms with van der Waals surface area (Å²) in [7, 11) is 0. The molecule has 0 spiro atoms. The topological polar surface area (TPSA) is 64.5 Å². The molecule has 0 fully saturated rings. The maximum atomic E-state index is 5.16. The highest BCUT2D eigenvalue weighted by Gasteiger charge is 2.21. The van der Waals surface area contributed by atoms with Crippen LogP contribution in [0.25, 0.3) is 90.0 Å². The van der Waals surface area contributed by atoms with Crippen molar-refractivity contribution in [3.05, 3.63) is 200 Å². The minimum Gasteiger partial charge on any atom is -0.228 e. The van der Waals surface area contributed by atoms with Gasteiger partial charge in [0.1, 0.15) is 0 Å². The summed E-state index contributed by atoms with van der Waals surface area (Å²) in [6, 6.07) is 69.3. The summed E-state index contributed by atoms with van der Waals surface area (Å²) >= 11 is 3.62. The Hall–Kier alpha value is -7.19. The second kappa shape index (κ2) is 15.5. The van der Waals surface area contributed by atoms with Gasteiger partial charge in [0.05, 0.1) is 11.4 Å². The first-order valence-electron chi connectivity index (χ1n) is 19.7. The summed E-state index contributed by atoms with van der Waals surface area (Å²) in [6.45, 7) is 0. The second-order valence-corrected chi connectivity index (χ2v) is 16.7. The average molecular weight is 804 g/mol. The number of rotatable bonds is 7. The second-order valence-electron chi connectivity index (χ2n) is 14.5. The number of benzene rings is 8. The molecule has 0 bridgehead atoms. The lowest BCUT2D eigenvalue weighted by Crippen LogP contribution is -2.01. The molecule has 0 saturated heterocycles. The van der Waals surface area contributed by atoms with Gasteiger partial charge in [-0.25, -0.2) is 24.9 Å². The average Bonchev–Trinajstić information content (AvgIpc) is 3.33. The number of hydrogen-bond acceptors (Lipinski definition) is 7. The maximum Gasteiger partial charge on any atom is 0.164 e.